The fraction of sp³-hybridized carbons (Fsp3) is 0.615. The van der Waals surface area contributed by atoms with E-state index in [2.05, 4.69) is 0 Å². The first kappa shape index (κ1) is 16.4. The standard InChI is InChI=1S/C13H19NO5S2/c1-14(9-10-4-2-3-7-19-10)21(17,18)13-6-5-11(20-13)8-12(15)16/h5-6,10H,2-4,7-9H2,1H3,(H,15,16). The van der Waals surface area contributed by atoms with Gasteiger partial charge >= 0.3 is 5.97 Å². The van der Waals surface area contributed by atoms with Crippen LogP contribution >= 0.6 is 11.3 Å². The molecular weight excluding hydrogens is 314 g/mol. The Kier molecular flexibility index (Phi) is 5.37. The summed E-state index contributed by atoms with van der Waals surface area (Å²) < 4.78 is 31.9. The van der Waals surface area contributed by atoms with E-state index in [4.69, 9.17) is 9.84 Å². The number of rotatable bonds is 6. The van der Waals surface area contributed by atoms with E-state index in [0.717, 1.165) is 30.6 Å². The van der Waals surface area contributed by atoms with Crippen LogP contribution in [0.5, 0.6) is 0 Å². The quantitative estimate of drug-likeness (QED) is 0.854. The van der Waals surface area contributed by atoms with E-state index >= 15 is 0 Å². The zero-order chi connectivity index (χ0) is 15.5. The van der Waals surface area contributed by atoms with Gasteiger partial charge < -0.3 is 9.84 Å². The first-order valence-corrected chi connectivity index (χ1v) is 9.03. The van der Waals surface area contributed by atoms with Gasteiger partial charge in [0.25, 0.3) is 10.0 Å². The number of carboxylic acid groups (broad SMARTS) is 1. The molecule has 1 N–H and O–H groups in total. The molecule has 1 unspecified atom stereocenters. The van der Waals surface area contributed by atoms with Crippen molar-refractivity contribution in [2.45, 2.75) is 36.0 Å². The Morgan fingerprint density at radius 3 is 2.86 bits per heavy atom. The Morgan fingerprint density at radius 1 is 1.48 bits per heavy atom. The van der Waals surface area contributed by atoms with Crippen molar-refractivity contribution >= 4 is 27.3 Å². The number of hydrogen-bond donors (Lipinski definition) is 1. The minimum atomic E-state index is -3.57. The largest absolute Gasteiger partial charge is 0.481 e. The number of aliphatic carboxylic acids is 1. The number of sulfonamides is 1. The Balaban J connectivity index is 2.05. The molecule has 0 radical (unpaired) electrons. The molecule has 1 atom stereocenters. The lowest BCUT2D eigenvalue weighted by Gasteiger charge is -2.26. The van der Waals surface area contributed by atoms with Gasteiger partial charge in [0.2, 0.25) is 0 Å². The van der Waals surface area contributed by atoms with Crippen LogP contribution in [-0.2, 0) is 26.0 Å². The summed E-state index contributed by atoms with van der Waals surface area (Å²) in [6.07, 6.45) is 2.73. The zero-order valence-electron chi connectivity index (χ0n) is 11.8. The first-order valence-electron chi connectivity index (χ1n) is 6.78. The number of thiophene rings is 1. The molecule has 0 bridgehead atoms. The van der Waals surface area contributed by atoms with Crippen LogP contribution in [0.1, 0.15) is 24.1 Å². The van der Waals surface area contributed by atoms with E-state index in [1.54, 1.807) is 6.07 Å². The van der Waals surface area contributed by atoms with Crippen LogP contribution in [0.25, 0.3) is 0 Å². The normalized spacial score (nSPS) is 19.8. The molecule has 0 amide bonds. The van der Waals surface area contributed by atoms with Crippen LogP contribution in [-0.4, -0.2) is 50.1 Å². The minimum absolute atomic E-state index is 0.0584. The summed E-state index contributed by atoms with van der Waals surface area (Å²) in [5, 5.41) is 8.73. The van der Waals surface area contributed by atoms with E-state index in [9.17, 15) is 13.2 Å². The molecule has 2 rings (SSSR count). The van der Waals surface area contributed by atoms with Gasteiger partial charge in [-0.1, -0.05) is 0 Å². The van der Waals surface area contributed by atoms with Crippen LogP contribution in [0.2, 0.25) is 0 Å². The van der Waals surface area contributed by atoms with E-state index < -0.39 is 16.0 Å². The first-order chi connectivity index (χ1) is 9.89. The highest BCUT2D eigenvalue weighted by molar-refractivity contribution is 7.91. The number of carboxylic acids is 1. The van der Waals surface area contributed by atoms with Gasteiger partial charge in [-0.25, -0.2) is 8.42 Å². The molecular formula is C13H19NO5S2. The van der Waals surface area contributed by atoms with E-state index in [-0.39, 0.29) is 16.7 Å². The summed E-state index contributed by atoms with van der Waals surface area (Å²) in [7, 11) is -2.04. The fourth-order valence-corrected chi connectivity index (χ4v) is 4.99. The van der Waals surface area contributed by atoms with Crippen molar-refractivity contribution in [3.05, 3.63) is 17.0 Å². The van der Waals surface area contributed by atoms with E-state index in [1.165, 1.54) is 17.4 Å². The van der Waals surface area contributed by atoms with Gasteiger partial charge in [0.1, 0.15) is 4.21 Å². The molecule has 1 aromatic rings. The summed E-state index contributed by atoms with van der Waals surface area (Å²) in [6.45, 7) is 1.01. The number of carbonyl (C=O) groups is 1. The maximum atomic E-state index is 12.4. The molecule has 21 heavy (non-hydrogen) atoms. The van der Waals surface area contributed by atoms with Gasteiger partial charge in [0.05, 0.1) is 12.5 Å². The molecule has 0 aliphatic carbocycles. The molecule has 0 spiro atoms. The van der Waals surface area contributed by atoms with Crippen molar-refractivity contribution in [3.63, 3.8) is 0 Å². The second-order valence-electron chi connectivity index (χ2n) is 5.07. The Morgan fingerprint density at radius 2 is 2.24 bits per heavy atom. The lowest BCUT2D eigenvalue weighted by Crippen LogP contribution is -2.36. The molecule has 1 aliphatic heterocycles. The molecule has 8 heteroatoms. The monoisotopic (exact) mass is 333 g/mol. The summed E-state index contributed by atoms with van der Waals surface area (Å²) in [5.74, 6) is -0.968. The molecule has 1 saturated heterocycles. The minimum Gasteiger partial charge on any atom is -0.481 e. The van der Waals surface area contributed by atoms with Gasteiger partial charge in [-0.05, 0) is 31.4 Å². The van der Waals surface area contributed by atoms with Crippen molar-refractivity contribution in [2.75, 3.05) is 20.2 Å². The second-order valence-corrected chi connectivity index (χ2v) is 8.51. The Hall–Kier alpha value is -0.960. The molecule has 0 aromatic carbocycles. The van der Waals surface area contributed by atoms with Crippen molar-refractivity contribution in [3.8, 4) is 0 Å². The lowest BCUT2D eigenvalue weighted by atomic mass is 10.1. The van der Waals surface area contributed by atoms with E-state index in [0.29, 0.717) is 18.0 Å². The second kappa shape index (κ2) is 6.87. The predicted molar refractivity (Wildman–Crippen MR) is 79.1 cm³/mol. The van der Waals surface area contributed by atoms with Gasteiger partial charge in [-0.3, -0.25) is 4.79 Å². The third-order valence-electron chi connectivity index (χ3n) is 3.36. The molecule has 118 valence electrons. The zero-order valence-corrected chi connectivity index (χ0v) is 13.5. The molecule has 1 aliphatic rings. The predicted octanol–water partition coefficient (Wildman–Crippen LogP) is 1.56. The Labute approximate surface area is 128 Å². The molecule has 2 heterocycles. The lowest BCUT2D eigenvalue weighted by molar-refractivity contribution is -0.136. The topological polar surface area (TPSA) is 83.9 Å². The molecule has 1 fully saturated rings. The summed E-state index contributed by atoms with van der Waals surface area (Å²) in [6, 6.07) is 3.02. The average Bonchev–Trinajstić information content (AvgIpc) is 2.88. The van der Waals surface area contributed by atoms with E-state index in [1.807, 2.05) is 0 Å². The third-order valence-corrected chi connectivity index (χ3v) is 6.74. The number of ether oxygens (including phenoxy) is 1. The highest BCUT2D eigenvalue weighted by atomic mass is 32.2. The summed E-state index contributed by atoms with van der Waals surface area (Å²) in [4.78, 5) is 11.2. The van der Waals surface area contributed by atoms with Crippen molar-refractivity contribution < 1.29 is 23.1 Å². The molecule has 6 nitrogen and oxygen atoms in total. The fourth-order valence-electron chi connectivity index (χ4n) is 2.23. The van der Waals surface area contributed by atoms with Gasteiger partial charge in [-0.2, -0.15) is 4.31 Å². The van der Waals surface area contributed by atoms with Gasteiger partial charge in [-0.15, -0.1) is 11.3 Å². The number of hydrogen-bond acceptors (Lipinski definition) is 5. The van der Waals surface area contributed by atoms with Gasteiger partial charge in [0, 0.05) is 25.1 Å². The van der Waals surface area contributed by atoms with Crippen LogP contribution in [0.15, 0.2) is 16.3 Å². The maximum absolute atomic E-state index is 12.4. The third kappa shape index (κ3) is 4.26. The van der Waals surface area contributed by atoms with Crippen LogP contribution < -0.4 is 0 Å². The summed E-state index contributed by atoms with van der Waals surface area (Å²) >= 11 is 1.01. The Bertz CT molecular complexity index is 589. The van der Waals surface area contributed by atoms with Crippen LogP contribution in [0, 0.1) is 0 Å². The molecule has 0 saturated carbocycles. The molecule has 1 aromatic heterocycles. The van der Waals surface area contributed by atoms with Gasteiger partial charge in [0.15, 0.2) is 0 Å². The highest BCUT2D eigenvalue weighted by Crippen LogP contribution is 2.25. The SMILES string of the molecule is CN(CC1CCCCO1)S(=O)(=O)c1ccc(CC(=O)O)s1. The average molecular weight is 333 g/mol. The number of likely N-dealkylation sites (N-methyl/N-ethyl adjacent to an activating group) is 1. The summed E-state index contributed by atoms with van der Waals surface area (Å²) in [5.41, 5.74) is 0. The van der Waals surface area contributed by atoms with Crippen molar-refractivity contribution in [2.24, 2.45) is 0 Å². The maximum Gasteiger partial charge on any atom is 0.308 e. The van der Waals surface area contributed by atoms with Crippen LogP contribution in [0.4, 0.5) is 0 Å². The van der Waals surface area contributed by atoms with Crippen molar-refractivity contribution in [1.82, 2.24) is 4.31 Å². The van der Waals surface area contributed by atoms with Crippen LogP contribution in [0.3, 0.4) is 0 Å². The highest BCUT2D eigenvalue weighted by Gasteiger charge is 2.26. The van der Waals surface area contributed by atoms with Crippen molar-refractivity contribution in [1.29, 1.82) is 0 Å². The smallest absolute Gasteiger partial charge is 0.308 e. The number of nitrogens with zero attached hydrogens (tertiary/aromatic N) is 1.